The Bertz CT molecular complexity index is 568. The molecule has 2 unspecified atom stereocenters. The van der Waals surface area contributed by atoms with E-state index in [0.29, 0.717) is 11.8 Å². The molecule has 1 saturated heterocycles. The standard InChI is InChI=1S/C15H24N2O7S/c1-6(2)10(19)15(11(20)7(3)12(21)17-15)14(24)25-5-9(13(22)23)16-8(4)18/h6-7,9-11,19-20H,5H2,1-4H3,(H,16,18)(H,17,21)(H,22,23)/t7-,9?,10-,11+,15?/m1/s1. The molecule has 1 fully saturated rings. The molecule has 1 aliphatic heterocycles. The summed E-state index contributed by atoms with van der Waals surface area (Å²) in [7, 11) is 0. The zero-order valence-corrected chi connectivity index (χ0v) is 15.3. The van der Waals surface area contributed by atoms with Gasteiger partial charge in [0, 0.05) is 12.7 Å². The molecular weight excluding hydrogens is 352 g/mol. The van der Waals surface area contributed by atoms with E-state index in [-0.39, 0.29) is 5.75 Å². The summed E-state index contributed by atoms with van der Waals surface area (Å²) in [5.74, 6) is -4.12. The van der Waals surface area contributed by atoms with E-state index in [2.05, 4.69) is 10.6 Å². The Morgan fingerprint density at radius 2 is 1.92 bits per heavy atom. The van der Waals surface area contributed by atoms with Gasteiger partial charge < -0.3 is 26.0 Å². The van der Waals surface area contributed by atoms with Crippen molar-refractivity contribution in [2.45, 2.75) is 51.5 Å². The molecule has 0 spiro atoms. The fourth-order valence-electron chi connectivity index (χ4n) is 2.70. The third-order valence-corrected chi connectivity index (χ3v) is 5.28. The SMILES string of the molecule is CC(=O)NC(CSC(=O)C1([C@H](O)C(C)C)NC(=O)[C@H](C)[C@@H]1O)C(=O)O. The summed E-state index contributed by atoms with van der Waals surface area (Å²) >= 11 is 0.535. The second-order valence-corrected chi connectivity index (χ2v) is 7.46. The molecule has 0 aliphatic carbocycles. The summed E-state index contributed by atoms with van der Waals surface area (Å²) in [4.78, 5) is 46.9. The molecule has 0 aromatic heterocycles. The monoisotopic (exact) mass is 376 g/mol. The zero-order valence-electron chi connectivity index (χ0n) is 14.5. The van der Waals surface area contributed by atoms with Crippen LogP contribution in [0.5, 0.6) is 0 Å². The van der Waals surface area contributed by atoms with Crippen LogP contribution in [0.2, 0.25) is 0 Å². The van der Waals surface area contributed by atoms with Crippen LogP contribution in [0.4, 0.5) is 0 Å². The molecule has 25 heavy (non-hydrogen) atoms. The van der Waals surface area contributed by atoms with E-state index in [1.54, 1.807) is 13.8 Å². The average molecular weight is 376 g/mol. The summed E-state index contributed by atoms with van der Waals surface area (Å²) in [5.41, 5.74) is -1.92. The van der Waals surface area contributed by atoms with Crippen LogP contribution in [-0.4, -0.2) is 67.8 Å². The molecule has 0 aromatic carbocycles. The minimum absolute atomic E-state index is 0.308. The van der Waals surface area contributed by atoms with Gasteiger partial charge >= 0.3 is 5.97 Å². The van der Waals surface area contributed by atoms with Gasteiger partial charge in [0.05, 0.1) is 18.1 Å². The smallest absolute Gasteiger partial charge is 0.327 e. The van der Waals surface area contributed by atoms with Gasteiger partial charge in [0.25, 0.3) is 0 Å². The lowest BCUT2D eigenvalue weighted by Crippen LogP contribution is -2.64. The molecule has 0 radical (unpaired) electrons. The fourth-order valence-corrected chi connectivity index (χ4v) is 3.77. The van der Waals surface area contributed by atoms with Crippen molar-refractivity contribution in [3.05, 3.63) is 0 Å². The number of aliphatic carboxylic acids is 1. The van der Waals surface area contributed by atoms with Crippen molar-refractivity contribution in [1.29, 1.82) is 0 Å². The molecule has 1 heterocycles. The van der Waals surface area contributed by atoms with Crippen molar-refractivity contribution in [1.82, 2.24) is 10.6 Å². The van der Waals surface area contributed by atoms with Gasteiger partial charge in [-0.2, -0.15) is 0 Å². The third kappa shape index (κ3) is 4.31. The maximum atomic E-state index is 12.8. The minimum atomic E-state index is -1.92. The maximum absolute atomic E-state index is 12.8. The van der Waals surface area contributed by atoms with Gasteiger partial charge in [-0.25, -0.2) is 4.79 Å². The van der Waals surface area contributed by atoms with Crippen LogP contribution in [0.15, 0.2) is 0 Å². The van der Waals surface area contributed by atoms with E-state index >= 15 is 0 Å². The quantitative estimate of drug-likeness (QED) is 0.368. The molecule has 1 rings (SSSR count). The van der Waals surface area contributed by atoms with E-state index in [1.165, 1.54) is 6.92 Å². The van der Waals surface area contributed by atoms with Gasteiger partial charge in [-0.1, -0.05) is 32.5 Å². The normalized spacial score (nSPS) is 28.4. The number of nitrogens with one attached hydrogen (secondary N) is 2. The number of aliphatic hydroxyl groups excluding tert-OH is 2. The first-order valence-corrected chi connectivity index (χ1v) is 8.79. The number of aliphatic hydroxyl groups is 2. The minimum Gasteiger partial charge on any atom is -0.480 e. The van der Waals surface area contributed by atoms with E-state index < -0.39 is 58.5 Å². The number of thioether (sulfide) groups is 1. The Balaban J connectivity index is 3.04. The maximum Gasteiger partial charge on any atom is 0.327 e. The predicted octanol–water partition coefficient (Wildman–Crippen LogP) is -1.28. The molecule has 2 amide bonds. The first-order valence-electron chi connectivity index (χ1n) is 7.80. The Hall–Kier alpha value is -1.65. The highest BCUT2D eigenvalue weighted by molar-refractivity contribution is 8.13. The number of amides is 2. The molecule has 10 heteroatoms. The fraction of sp³-hybridized carbons (Fsp3) is 0.733. The van der Waals surface area contributed by atoms with Gasteiger partial charge in [-0.3, -0.25) is 14.4 Å². The number of carboxylic acids is 1. The molecule has 142 valence electrons. The second kappa shape index (κ2) is 8.15. The van der Waals surface area contributed by atoms with Crippen LogP contribution >= 0.6 is 11.8 Å². The Kier molecular flexibility index (Phi) is 6.98. The molecule has 0 bridgehead atoms. The summed E-state index contributed by atoms with van der Waals surface area (Å²) in [5, 5.41) is 33.8. The molecular formula is C15H24N2O7S. The van der Waals surface area contributed by atoms with Crippen molar-refractivity contribution < 1.29 is 34.5 Å². The van der Waals surface area contributed by atoms with Crippen LogP contribution < -0.4 is 10.6 Å². The molecule has 5 N–H and O–H groups in total. The number of rotatable bonds is 7. The summed E-state index contributed by atoms with van der Waals surface area (Å²) < 4.78 is 0. The number of hydrogen-bond acceptors (Lipinski definition) is 7. The predicted molar refractivity (Wildman–Crippen MR) is 89.6 cm³/mol. The van der Waals surface area contributed by atoms with E-state index in [0.717, 1.165) is 6.92 Å². The highest BCUT2D eigenvalue weighted by atomic mass is 32.2. The second-order valence-electron chi connectivity index (χ2n) is 6.47. The van der Waals surface area contributed by atoms with Gasteiger partial charge in [0.1, 0.15) is 6.04 Å². The highest BCUT2D eigenvalue weighted by Crippen LogP contribution is 2.36. The van der Waals surface area contributed by atoms with Crippen molar-refractivity contribution >= 4 is 34.7 Å². The first-order chi connectivity index (χ1) is 11.4. The summed E-state index contributed by atoms with van der Waals surface area (Å²) in [6.07, 6.45) is -2.82. The van der Waals surface area contributed by atoms with Crippen molar-refractivity contribution in [3.63, 3.8) is 0 Å². The number of hydrogen-bond donors (Lipinski definition) is 5. The van der Waals surface area contributed by atoms with Crippen molar-refractivity contribution in [3.8, 4) is 0 Å². The van der Waals surface area contributed by atoms with Crippen LogP contribution in [0.25, 0.3) is 0 Å². The van der Waals surface area contributed by atoms with E-state index in [1.807, 2.05) is 0 Å². The Morgan fingerprint density at radius 1 is 1.36 bits per heavy atom. The highest BCUT2D eigenvalue weighted by Gasteiger charge is 2.60. The van der Waals surface area contributed by atoms with E-state index in [4.69, 9.17) is 5.11 Å². The van der Waals surface area contributed by atoms with Crippen LogP contribution in [0.3, 0.4) is 0 Å². The van der Waals surface area contributed by atoms with Crippen LogP contribution in [0.1, 0.15) is 27.7 Å². The molecule has 0 saturated carbocycles. The summed E-state index contributed by atoms with van der Waals surface area (Å²) in [6, 6.07) is -1.31. The van der Waals surface area contributed by atoms with Crippen LogP contribution in [-0.2, 0) is 19.2 Å². The van der Waals surface area contributed by atoms with Gasteiger partial charge in [-0.15, -0.1) is 0 Å². The number of carbonyl (C=O) groups excluding carboxylic acids is 3. The Morgan fingerprint density at radius 3 is 2.28 bits per heavy atom. The lowest BCUT2D eigenvalue weighted by atomic mass is 9.81. The summed E-state index contributed by atoms with van der Waals surface area (Å²) in [6.45, 7) is 5.84. The van der Waals surface area contributed by atoms with Crippen molar-refractivity contribution in [2.24, 2.45) is 11.8 Å². The Labute approximate surface area is 149 Å². The number of carboxylic acid groups (broad SMARTS) is 1. The molecule has 5 atom stereocenters. The molecule has 0 aromatic rings. The van der Waals surface area contributed by atoms with Gasteiger partial charge in [0.15, 0.2) is 5.54 Å². The lowest BCUT2D eigenvalue weighted by Gasteiger charge is -2.37. The lowest BCUT2D eigenvalue weighted by molar-refractivity contribution is -0.140. The number of carbonyl (C=O) groups is 4. The zero-order chi connectivity index (χ0) is 19.5. The molecule has 9 nitrogen and oxygen atoms in total. The largest absolute Gasteiger partial charge is 0.480 e. The topological polar surface area (TPSA) is 153 Å². The average Bonchev–Trinajstić information content (AvgIpc) is 2.74. The van der Waals surface area contributed by atoms with Crippen LogP contribution in [0, 0.1) is 11.8 Å². The van der Waals surface area contributed by atoms with E-state index in [9.17, 15) is 29.4 Å². The first kappa shape index (κ1) is 21.4. The molecule has 1 aliphatic rings. The third-order valence-electron chi connectivity index (χ3n) is 4.18. The van der Waals surface area contributed by atoms with Gasteiger partial charge in [0.2, 0.25) is 16.9 Å². The van der Waals surface area contributed by atoms with Gasteiger partial charge in [-0.05, 0) is 5.92 Å². The van der Waals surface area contributed by atoms with Crippen molar-refractivity contribution in [2.75, 3.05) is 5.75 Å².